The molecule has 0 fully saturated rings. The number of unbranched alkanes of at least 4 members (excludes halogenated alkanes) is 15. The van der Waals surface area contributed by atoms with Crippen LogP contribution in [0.15, 0.2) is 0 Å². The highest BCUT2D eigenvalue weighted by molar-refractivity contribution is 5.74. The van der Waals surface area contributed by atoms with Gasteiger partial charge in [-0.15, -0.1) is 0 Å². The van der Waals surface area contributed by atoms with E-state index in [2.05, 4.69) is 12.2 Å². The first-order valence-electron chi connectivity index (χ1n) is 12.4. The molecular weight excluding hydrogens is 348 g/mol. The fraction of sp³-hybridized carbons (Fsp3) is 0.958. The van der Waals surface area contributed by atoms with Crippen molar-refractivity contribution < 1.29 is 9.90 Å². The zero-order valence-electron chi connectivity index (χ0n) is 19.2. The van der Waals surface area contributed by atoms with Crippen molar-refractivity contribution in [2.45, 2.75) is 123 Å². The predicted molar refractivity (Wildman–Crippen MR) is 122 cm³/mol. The zero-order valence-corrected chi connectivity index (χ0v) is 19.2. The number of carbonyl (C=O) groups is 1. The van der Waals surface area contributed by atoms with E-state index in [1.165, 1.54) is 96.3 Å². The fourth-order valence-corrected chi connectivity index (χ4v) is 3.69. The summed E-state index contributed by atoms with van der Waals surface area (Å²) >= 11 is 0. The Morgan fingerprint density at radius 3 is 1.43 bits per heavy atom. The van der Waals surface area contributed by atoms with Crippen LogP contribution in [0.3, 0.4) is 0 Å². The molecule has 0 aromatic carbocycles. The van der Waals surface area contributed by atoms with Crippen molar-refractivity contribution in [3.05, 3.63) is 0 Å². The first-order valence-corrected chi connectivity index (χ1v) is 12.4. The quantitative estimate of drug-likeness (QED) is 0.212. The van der Waals surface area contributed by atoms with Crippen molar-refractivity contribution in [1.82, 2.24) is 10.2 Å². The summed E-state index contributed by atoms with van der Waals surface area (Å²) in [7, 11) is 0. The molecule has 28 heavy (non-hydrogen) atoms. The van der Waals surface area contributed by atoms with Crippen LogP contribution in [-0.2, 0) is 0 Å². The van der Waals surface area contributed by atoms with Crippen molar-refractivity contribution in [3.8, 4) is 0 Å². The van der Waals surface area contributed by atoms with E-state index in [9.17, 15) is 4.79 Å². The topological polar surface area (TPSA) is 52.6 Å². The molecule has 0 aliphatic heterocycles. The largest absolute Gasteiger partial charge is 0.396 e. The van der Waals surface area contributed by atoms with E-state index >= 15 is 0 Å². The lowest BCUT2D eigenvalue weighted by atomic mass is 10.0. The highest BCUT2D eigenvalue weighted by Crippen LogP contribution is 2.13. The zero-order chi connectivity index (χ0) is 20.7. The lowest BCUT2D eigenvalue weighted by Crippen LogP contribution is -2.41. The van der Waals surface area contributed by atoms with Gasteiger partial charge < -0.3 is 15.3 Å². The minimum absolute atomic E-state index is 0.0110. The summed E-state index contributed by atoms with van der Waals surface area (Å²) < 4.78 is 0. The third kappa shape index (κ3) is 18.6. The number of hydrogen-bond donors (Lipinski definition) is 2. The molecule has 0 aromatic heterocycles. The SMILES string of the molecule is CCCCCCCCCCCCCCCCCCN(CCCO)C(=O)NCC. The Labute approximate surface area is 175 Å². The van der Waals surface area contributed by atoms with Crippen LogP contribution in [0.1, 0.15) is 123 Å². The maximum atomic E-state index is 12.0. The highest BCUT2D eigenvalue weighted by atomic mass is 16.3. The summed E-state index contributed by atoms with van der Waals surface area (Å²) in [6.07, 6.45) is 22.5. The van der Waals surface area contributed by atoms with E-state index in [-0.39, 0.29) is 12.6 Å². The maximum Gasteiger partial charge on any atom is 0.317 e. The van der Waals surface area contributed by atoms with Gasteiger partial charge >= 0.3 is 6.03 Å². The van der Waals surface area contributed by atoms with Crippen LogP contribution >= 0.6 is 0 Å². The standard InChI is InChI=1S/C24H50N2O2/c1-3-5-6-7-8-9-10-11-12-13-14-15-16-17-18-19-21-26(22-20-23-27)24(28)25-4-2/h27H,3-23H2,1-2H3,(H,25,28). The summed E-state index contributed by atoms with van der Waals surface area (Å²) in [4.78, 5) is 13.8. The van der Waals surface area contributed by atoms with Crippen LogP contribution < -0.4 is 5.32 Å². The first kappa shape index (κ1) is 27.2. The Balaban J connectivity index is 3.38. The Hall–Kier alpha value is -0.770. The molecule has 2 N–H and O–H groups in total. The molecule has 0 spiro atoms. The molecule has 0 heterocycles. The van der Waals surface area contributed by atoms with Crippen LogP contribution in [0.5, 0.6) is 0 Å². The van der Waals surface area contributed by atoms with Crippen LogP contribution in [0.25, 0.3) is 0 Å². The monoisotopic (exact) mass is 398 g/mol. The molecule has 0 aliphatic carbocycles. The third-order valence-electron chi connectivity index (χ3n) is 5.48. The second-order valence-corrected chi connectivity index (χ2v) is 8.20. The van der Waals surface area contributed by atoms with Gasteiger partial charge in [0.1, 0.15) is 0 Å². The summed E-state index contributed by atoms with van der Waals surface area (Å²) in [5.74, 6) is 0. The first-order chi connectivity index (χ1) is 13.8. The van der Waals surface area contributed by atoms with Gasteiger partial charge in [-0.25, -0.2) is 4.79 Å². The molecule has 0 aliphatic rings. The van der Waals surface area contributed by atoms with Gasteiger partial charge in [0, 0.05) is 26.2 Å². The number of aliphatic hydroxyl groups is 1. The molecule has 0 saturated carbocycles. The number of aliphatic hydroxyl groups excluding tert-OH is 1. The van der Waals surface area contributed by atoms with Crippen molar-refractivity contribution in [2.24, 2.45) is 0 Å². The van der Waals surface area contributed by atoms with Gasteiger partial charge in [0.2, 0.25) is 0 Å². The van der Waals surface area contributed by atoms with Crippen LogP contribution in [0.2, 0.25) is 0 Å². The minimum atomic E-state index is 0.0110. The number of nitrogens with one attached hydrogen (secondary N) is 1. The molecule has 2 amide bonds. The molecule has 0 bridgehead atoms. The van der Waals surface area contributed by atoms with Crippen molar-refractivity contribution >= 4 is 6.03 Å². The molecular formula is C24H50N2O2. The van der Waals surface area contributed by atoms with Crippen LogP contribution in [0.4, 0.5) is 4.79 Å². The van der Waals surface area contributed by atoms with E-state index < -0.39 is 0 Å². The van der Waals surface area contributed by atoms with E-state index in [1.807, 2.05) is 11.8 Å². The van der Waals surface area contributed by atoms with Crippen LogP contribution in [0, 0.1) is 0 Å². The lowest BCUT2D eigenvalue weighted by molar-refractivity contribution is 0.188. The van der Waals surface area contributed by atoms with Gasteiger partial charge in [-0.2, -0.15) is 0 Å². The number of hydrogen-bond acceptors (Lipinski definition) is 2. The van der Waals surface area contributed by atoms with Crippen LogP contribution in [-0.4, -0.2) is 42.3 Å². The molecule has 0 aromatic rings. The van der Waals surface area contributed by atoms with Crippen molar-refractivity contribution in [1.29, 1.82) is 0 Å². The summed E-state index contributed by atoms with van der Waals surface area (Å²) in [6, 6.07) is 0.0110. The smallest absolute Gasteiger partial charge is 0.317 e. The molecule has 0 radical (unpaired) electrons. The highest BCUT2D eigenvalue weighted by Gasteiger charge is 2.11. The predicted octanol–water partition coefficient (Wildman–Crippen LogP) is 6.66. The lowest BCUT2D eigenvalue weighted by Gasteiger charge is -2.22. The van der Waals surface area contributed by atoms with Gasteiger partial charge in [-0.3, -0.25) is 0 Å². The second-order valence-electron chi connectivity index (χ2n) is 8.20. The normalized spacial score (nSPS) is 11.0. The fourth-order valence-electron chi connectivity index (χ4n) is 3.69. The summed E-state index contributed by atoms with van der Waals surface area (Å²) in [5, 5.41) is 11.8. The molecule has 0 atom stereocenters. The number of carbonyl (C=O) groups excluding carboxylic acids is 1. The number of nitrogens with zero attached hydrogens (tertiary/aromatic N) is 1. The third-order valence-corrected chi connectivity index (χ3v) is 5.48. The van der Waals surface area contributed by atoms with Crippen molar-refractivity contribution in [3.63, 3.8) is 0 Å². The number of rotatable bonds is 21. The van der Waals surface area contributed by atoms with E-state index in [0.29, 0.717) is 19.5 Å². The van der Waals surface area contributed by atoms with Gasteiger partial charge in [-0.05, 0) is 19.8 Å². The molecule has 168 valence electrons. The Morgan fingerprint density at radius 1 is 0.643 bits per heavy atom. The molecule has 0 saturated heterocycles. The van der Waals surface area contributed by atoms with E-state index in [1.54, 1.807) is 0 Å². The Bertz CT molecular complexity index is 324. The summed E-state index contributed by atoms with van der Waals surface area (Å²) in [5.41, 5.74) is 0. The molecule has 0 unspecified atom stereocenters. The van der Waals surface area contributed by atoms with Crippen molar-refractivity contribution in [2.75, 3.05) is 26.2 Å². The Kier molecular flexibility index (Phi) is 21.9. The average molecular weight is 399 g/mol. The molecule has 4 nitrogen and oxygen atoms in total. The number of amides is 2. The molecule has 0 rings (SSSR count). The second kappa shape index (κ2) is 22.5. The summed E-state index contributed by atoms with van der Waals surface area (Å²) in [6.45, 7) is 6.49. The maximum absolute atomic E-state index is 12.0. The van der Waals surface area contributed by atoms with Gasteiger partial charge in [0.05, 0.1) is 0 Å². The Morgan fingerprint density at radius 2 is 1.04 bits per heavy atom. The van der Waals surface area contributed by atoms with E-state index in [0.717, 1.165) is 13.0 Å². The van der Waals surface area contributed by atoms with Gasteiger partial charge in [0.25, 0.3) is 0 Å². The van der Waals surface area contributed by atoms with E-state index in [4.69, 9.17) is 5.11 Å². The minimum Gasteiger partial charge on any atom is -0.396 e. The van der Waals surface area contributed by atoms with Gasteiger partial charge in [0.15, 0.2) is 0 Å². The average Bonchev–Trinajstić information content (AvgIpc) is 2.70. The number of urea groups is 1. The molecule has 4 heteroatoms. The van der Waals surface area contributed by atoms with Gasteiger partial charge in [-0.1, -0.05) is 103 Å².